The molecule has 0 unspecified atom stereocenters. The second kappa shape index (κ2) is 12.9. The molecule has 2 aromatic carbocycles. The lowest BCUT2D eigenvalue weighted by Gasteiger charge is -2.22. The van der Waals surface area contributed by atoms with Crippen LogP contribution < -0.4 is 5.32 Å². The Morgan fingerprint density at radius 1 is 1.12 bits per heavy atom. The van der Waals surface area contributed by atoms with Crippen molar-refractivity contribution in [3.05, 3.63) is 62.6 Å². The third-order valence-electron chi connectivity index (χ3n) is 6.57. The Morgan fingerprint density at radius 3 is 2.41 bits per heavy atom. The number of alkyl halides is 3. The number of rotatable bonds is 9. The molecule has 0 aliphatic carbocycles. The monoisotopic (exact) mass is 636 g/mol. The number of halogens is 5. The van der Waals surface area contributed by atoms with Crippen molar-refractivity contribution < 1.29 is 35.9 Å². The number of carbonyl (C=O) groups is 2. The van der Waals surface area contributed by atoms with Crippen LogP contribution in [0.3, 0.4) is 0 Å². The van der Waals surface area contributed by atoms with Gasteiger partial charge in [0, 0.05) is 41.7 Å². The average molecular weight is 638 g/mol. The maximum absolute atomic E-state index is 14.1. The zero-order valence-corrected chi connectivity index (χ0v) is 25.5. The van der Waals surface area contributed by atoms with Crippen LogP contribution in [-0.2, 0) is 38.6 Å². The third kappa shape index (κ3) is 9.07. The fourth-order valence-electron chi connectivity index (χ4n) is 4.67. The fourth-order valence-corrected chi connectivity index (χ4v) is 6.26. The first-order valence-electron chi connectivity index (χ1n) is 13.0. The molecule has 0 saturated carbocycles. The molecule has 1 aliphatic rings. The number of nitrogens with zero attached hydrogens (tertiary/aromatic N) is 1. The molecule has 3 rings (SSSR count). The fraction of sp³-hybridized carbons (Fsp3) is 0.500. The van der Waals surface area contributed by atoms with E-state index in [1.54, 1.807) is 25.7 Å². The number of likely N-dealkylation sites (tertiary alicyclic amines) is 1. The molecule has 0 spiro atoms. The highest BCUT2D eigenvalue weighted by atomic mass is 35.5. The van der Waals surface area contributed by atoms with Crippen molar-refractivity contribution in [3.63, 3.8) is 0 Å². The molecule has 13 heteroatoms. The lowest BCUT2D eigenvalue weighted by atomic mass is 10.0. The molecule has 0 aromatic heterocycles. The standard InChI is InChI=1S/C28H33Cl2F3N2O5S/c1-5-41(38,39)24-7-6-20(29)11-19(24)14-34-26(37)18-12-22(28(31,32)33)21(23(30)13-18)16-35-9-8-17(15-35)10-25(36)40-27(2,3)4/h6-7,11-13,17H,5,8-10,14-16H2,1-4H3,(H,34,37)/t17-/m0/s1. The SMILES string of the molecule is CCS(=O)(=O)c1ccc(Cl)cc1CNC(=O)c1cc(Cl)c(CN2CC[C@@H](CC(=O)OC(C)(C)C)C2)c(C(F)(F)F)c1. The molecule has 1 aliphatic heterocycles. The van der Waals surface area contributed by atoms with E-state index in [0.717, 1.165) is 12.1 Å². The van der Waals surface area contributed by atoms with E-state index in [1.165, 1.54) is 25.1 Å². The minimum atomic E-state index is -4.79. The van der Waals surface area contributed by atoms with Crippen molar-refractivity contribution in [3.8, 4) is 0 Å². The molecule has 1 amide bonds. The van der Waals surface area contributed by atoms with E-state index in [1.807, 2.05) is 0 Å². The molecule has 0 bridgehead atoms. The molecule has 1 atom stereocenters. The highest BCUT2D eigenvalue weighted by Gasteiger charge is 2.37. The van der Waals surface area contributed by atoms with E-state index < -0.39 is 33.1 Å². The first-order valence-corrected chi connectivity index (χ1v) is 15.4. The largest absolute Gasteiger partial charge is 0.460 e. The molecule has 2 aromatic rings. The number of sulfone groups is 1. The molecular formula is C28H33Cl2F3N2O5S. The van der Waals surface area contributed by atoms with Crippen molar-refractivity contribution in [2.45, 2.75) is 70.3 Å². The van der Waals surface area contributed by atoms with Gasteiger partial charge in [-0.3, -0.25) is 14.5 Å². The zero-order valence-electron chi connectivity index (χ0n) is 23.2. The van der Waals surface area contributed by atoms with E-state index >= 15 is 0 Å². The van der Waals surface area contributed by atoms with Gasteiger partial charge in [0.2, 0.25) is 0 Å². The van der Waals surface area contributed by atoms with E-state index in [0.29, 0.717) is 19.5 Å². The summed E-state index contributed by atoms with van der Waals surface area (Å²) in [5, 5.41) is 2.49. The molecular weight excluding hydrogens is 604 g/mol. The van der Waals surface area contributed by atoms with Crippen LogP contribution in [0.1, 0.15) is 67.6 Å². The molecule has 1 N–H and O–H groups in total. The van der Waals surface area contributed by atoms with Crippen molar-refractivity contribution in [2.24, 2.45) is 5.92 Å². The summed E-state index contributed by atoms with van der Waals surface area (Å²) >= 11 is 12.3. The lowest BCUT2D eigenvalue weighted by Crippen LogP contribution is -2.27. The number of hydrogen-bond acceptors (Lipinski definition) is 6. The van der Waals surface area contributed by atoms with Gasteiger partial charge in [0.1, 0.15) is 5.60 Å². The molecule has 1 fully saturated rings. The van der Waals surface area contributed by atoms with Gasteiger partial charge in [-0.15, -0.1) is 0 Å². The number of benzene rings is 2. The zero-order chi connectivity index (χ0) is 30.8. The minimum Gasteiger partial charge on any atom is -0.460 e. The summed E-state index contributed by atoms with van der Waals surface area (Å²) in [4.78, 5) is 26.8. The first-order chi connectivity index (χ1) is 18.9. The summed E-state index contributed by atoms with van der Waals surface area (Å²) in [6, 6.07) is 6.02. The third-order valence-corrected chi connectivity index (χ3v) is 8.97. The number of carbonyl (C=O) groups excluding carboxylic acids is 2. The van der Waals surface area contributed by atoms with Crippen molar-refractivity contribution in [2.75, 3.05) is 18.8 Å². The van der Waals surface area contributed by atoms with Crippen LogP contribution in [-0.4, -0.2) is 49.6 Å². The highest BCUT2D eigenvalue weighted by molar-refractivity contribution is 7.91. The van der Waals surface area contributed by atoms with Gasteiger partial charge in [-0.2, -0.15) is 13.2 Å². The Balaban J connectivity index is 1.77. The number of amides is 1. The van der Waals surface area contributed by atoms with Gasteiger partial charge in [-0.05, 0) is 81.1 Å². The lowest BCUT2D eigenvalue weighted by molar-refractivity contribution is -0.155. The smallest absolute Gasteiger partial charge is 0.416 e. The van der Waals surface area contributed by atoms with Crippen molar-refractivity contribution in [1.29, 1.82) is 0 Å². The van der Waals surface area contributed by atoms with Crippen LogP contribution >= 0.6 is 23.2 Å². The van der Waals surface area contributed by atoms with Gasteiger partial charge in [0.15, 0.2) is 9.84 Å². The summed E-state index contributed by atoms with van der Waals surface area (Å²) in [6.45, 7) is 7.26. The number of ether oxygens (including phenoxy) is 1. The summed E-state index contributed by atoms with van der Waals surface area (Å²) in [6.07, 6.45) is -4.00. The Morgan fingerprint density at radius 2 is 1.80 bits per heavy atom. The van der Waals surface area contributed by atoms with Gasteiger partial charge in [0.25, 0.3) is 5.91 Å². The Bertz CT molecular complexity index is 1410. The van der Waals surface area contributed by atoms with Crippen LogP contribution in [0, 0.1) is 5.92 Å². The summed E-state index contributed by atoms with van der Waals surface area (Å²) in [5.41, 5.74) is -1.94. The molecule has 7 nitrogen and oxygen atoms in total. The van der Waals surface area contributed by atoms with Crippen molar-refractivity contribution >= 4 is 44.9 Å². The topological polar surface area (TPSA) is 92.8 Å². The summed E-state index contributed by atoms with van der Waals surface area (Å²) < 4.78 is 72.6. The first kappa shape index (κ1) is 33.2. The maximum Gasteiger partial charge on any atom is 0.416 e. The maximum atomic E-state index is 14.1. The second-order valence-electron chi connectivity index (χ2n) is 11.0. The van der Waals surface area contributed by atoms with Crippen LogP contribution in [0.4, 0.5) is 13.2 Å². The average Bonchev–Trinajstić information content (AvgIpc) is 3.28. The van der Waals surface area contributed by atoms with E-state index in [9.17, 15) is 31.2 Å². The van der Waals surface area contributed by atoms with Gasteiger partial charge < -0.3 is 10.1 Å². The second-order valence-corrected chi connectivity index (χ2v) is 14.1. The van der Waals surface area contributed by atoms with Crippen LogP contribution in [0.25, 0.3) is 0 Å². The van der Waals surface area contributed by atoms with E-state index in [2.05, 4.69) is 5.32 Å². The van der Waals surface area contributed by atoms with E-state index in [4.69, 9.17) is 27.9 Å². The quantitative estimate of drug-likeness (QED) is 0.325. The van der Waals surface area contributed by atoms with E-state index in [-0.39, 0.29) is 68.8 Å². The van der Waals surface area contributed by atoms with Gasteiger partial charge >= 0.3 is 12.1 Å². The molecule has 41 heavy (non-hydrogen) atoms. The number of nitrogens with one attached hydrogen (secondary N) is 1. The Labute approximate surface area is 248 Å². The molecule has 0 radical (unpaired) electrons. The van der Waals surface area contributed by atoms with Crippen molar-refractivity contribution in [1.82, 2.24) is 10.2 Å². The number of hydrogen-bond donors (Lipinski definition) is 1. The van der Waals surface area contributed by atoms with Gasteiger partial charge in [-0.25, -0.2) is 8.42 Å². The summed E-state index contributed by atoms with van der Waals surface area (Å²) in [7, 11) is -3.64. The Hall–Kier alpha value is -2.34. The van der Waals surface area contributed by atoms with Gasteiger partial charge in [0.05, 0.1) is 16.2 Å². The summed E-state index contributed by atoms with van der Waals surface area (Å²) in [5.74, 6) is -1.45. The minimum absolute atomic E-state index is 0.0235. The molecule has 1 heterocycles. The Kier molecular flexibility index (Phi) is 10.4. The van der Waals surface area contributed by atoms with Crippen LogP contribution in [0.15, 0.2) is 35.2 Å². The van der Waals surface area contributed by atoms with Gasteiger partial charge in [-0.1, -0.05) is 30.1 Å². The normalized spacial score (nSPS) is 16.6. The highest BCUT2D eigenvalue weighted by Crippen LogP contribution is 2.38. The van der Waals surface area contributed by atoms with Crippen LogP contribution in [0.5, 0.6) is 0 Å². The predicted molar refractivity (Wildman–Crippen MR) is 151 cm³/mol. The molecule has 1 saturated heterocycles. The predicted octanol–water partition coefficient (Wildman–Crippen LogP) is 6.29. The van der Waals surface area contributed by atoms with Crippen LogP contribution in [0.2, 0.25) is 10.0 Å². The molecule has 226 valence electrons. The number of esters is 1.